The Morgan fingerprint density at radius 1 is 1.09 bits per heavy atom. The molecule has 11 heavy (non-hydrogen) atoms. The van der Waals surface area contributed by atoms with E-state index >= 15 is 0 Å². The zero-order valence-electron chi connectivity index (χ0n) is 6.40. The zero-order valence-corrected chi connectivity index (χ0v) is 17.3. The average Bonchev–Trinajstić information content (AvgIpc) is 1.81. The van der Waals surface area contributed by atoms with E-state index in [4.69, 9.17) is 0 Å². The van der Waals surface area contributed by atoms with Crippen molar-refractivity contribution < 1.29 is 0 Å². The van der Waals surface area contributed by atoms with Crippen molar-refractivity contribution in [2.75, 3.05) is 6.54 Å². The number of hydrogen-bond acceptors (Lipinski definition) is 1. The summed E-state index contributed by atoms with van der Waals surface area (Å²) in [5.41, 5.74) is 0. The van der Waals surface area contributed by atoms with Gasteiger partial charge in [-0.25, -0.2) is 0 Å². The van der Waals surface area contributed by atoms with E-state index in [9.17, 15) is 0 Å². The number of nitrogens with zero attached hydrogens (tertiary/aromatic N) is 1. The maximum atomic E-state index is 2.76. The van der Waals surface area contributed by atoms with Gasteiger partial charge in [0.1, 0.15) is 0 Å². The van der Waals surface area contributed by atoms with Gasteiger partial charge >= 0.3 is 0 Å². The van der Waals surface area contributed by atoms with Gasteiger partial charge in [-0.05, 0) is 12.5 Å². The Labute approximate surface area is 123 Å². The van der Waals surface area contributed by atoms with Gasteiger partial charge in [0.25, 0.3) is 0 Å². The quantitative estimate of drug-likeness (QED) is 0.261. The van der Waals surface area contributed by atoms with Crippen LogP contribution < -0.4 is 0 Å². The lowest BCUT2D eigenvalue weighted by Crippen LogP contribution is -2.39. The van der Waals surface area contributed by atoms with Crippen molar-refractivity contribution in [1.29, 1.82) is 0 Å². The van der Waals surface area contributed by atoms with E-state index in [2.05, 4.69) is 105 Å². The molecule has 0 aromatic heterocycles. The third-order valence-electron chi connectivity index (χ3n) is 1.08. The zero-order chi connectivity index (χ0) is 9.02. The highest BCUT2D eigenvalue weighted by molar-refractivity contribution is 14.3. The predicted octanol–water partition coefficient (Wildman–Crippen LogP) is 3.12. The van der Waals surface area contributed by atoms with Gasteiger partial charge < -0.3 is 4.23 Å². The Kier molecular flexibility index (Phi) is 9.87. The van der Waals surface area contributed by atoms with Crippen molar-refractivity contribution in [3.05, 3.63) is 0 Å². The molecule has 0 radical (unpaired) electrons. The van der Waals surface area contributed by atoms with Gasteiger partial charge in [0.2, 0.25) is 7.90 Å². The monoisotopic (exact) mass is 637 g/mol. The van der Waals surface area contributed by atoms with Crippen molar-refractivity contribution >= 4 is 95.1 Å². The maximum absolute atomic E-state index is 2.76. The second kappa shape index (κ2) is 7.59. The predicted molar refractivity (Wildman–Crippen MR) is 91.9 cm³/mol. The van der Waals surface area contributed by atoms with Crippen LogP contribution in [0, 0.1) is 5.92 Å². The summed E-state index contributed by atoms with van der Waals surface area (Å²) in [7, 11) is 0. The smallest absolute Gasteiger partial charge is 0.242 e. The summed E-state index contributed by atoms with van der Waals surface area (Å²) in [6, 6.07) is 0. The number of hydrogen-bond donors (Lipinski definition) is 0. The molecular formula is C4H11I4NSi2. The molecule has 0 saturated heterocycles. The molecule has 68 valence electrons. The van der Waals surface area contributed by atoms with E-state index in [0.29, 0.717) is 0 Å². The summed E-state index contributed by atoms with van der Waals surface area (Å²) in [6.45, 7) is 5.92. The minimum absolute atomic E-state index is 0.579. The Morgan fingerprint density at radius 2 is 1.45 bits per heavy atom. The highest BCUT2D eigenvalue weighted by Gasteiger charge is 2.21. The van der Waals surface area contributed by atoms with Gasteiger partial charge in [-0.2, -0.15) is 0 Å². The van der Waals surface area contributed by atoms with Crippen molar-refractivity contribution in [2.24, 2.45) is 5.92 Å². The third kappa shape index (κ3) is 7.27. The average molecular weight is 637 g/mol. The first-order valence-electron chi connectivity index (χ1n) is 3.27. The Balaban J connectivity index is 3.90. The van der Waals surface area contributed by atoms with Gasteiger partial charge in [0.15, 0.2) is 0 Å². The standard InChI is InChI=1S/C4H11I4NSi2/c1-4(2)3-9(10(5)6)11(7)8/h4,10-11H,3H2,1-2H3. The molecule has 0 aliphatic rings. The fraction of sp³-hybridized carbons (Fsp3) is 1.00. The van der Waals surface area contributed by atoms with Crippen LogP contribution in [0.25, 0.3) is 0 Å². The summed E-state index contributed by atoms with van der Waals surface area (Å²) >= 11 is 10.5. The third-order valence-corrected chi connectivity index (χ3v) is 20.2. The fourth-order valence-electron chi connectivity index (χ4n) is 0.666. The first-order valence-corrected chi connectivity index (χ1v) is 21.0. The van der Waals surface area contributed by atoms with Gasteiger partial charge in [-0.1, -0.05) is 101 Å². The Hall–Kier alpha value is 3.31. The highest BCUT2D eigenvalue weighted by Crippen LogP contribution is 2.21. The summed E-state index contributed by atoms with van der Waals surface area (Å²) in [4.78, 5) is 0. The molecule has 0 fully saturated rings. The fourth-order valence-corrected chi connectivity index (χ4v) is 39.0. The summed E-state index contributed by atoms with van der Waals surface area (Å²) in [5, 5.41) is 0. The van der Waals surface area contributed by atoms with Crippen LogP contribution in [-0.4, -0.2) is 18.7 Å². The van der Waals surface area contributed by atoms with Crippen molar-refractivity contribution in [3.63, 3.8) is 0 Å². The molecule has 0 aliphatic heterocycles. The number of halogens is 4. The molecule has 7 heteroatoms. The van der Waals surface area contributed by atoms with Crippen LogP contribution in [0.1, 0.15) is 13.8 Å². The van der Waals surface area contributed by atoms with Gasteiger partial charge in [-0.3, -0.25) is 0 Å². The van der Waals surface area contributed by atoms with E-state index in [-0.39, 0.29) is 0 Å². The van der Waals surface area contributed by atoms with E-state index in [0.717, 1.165) is 5.92 Å². The summed E-state index contributed by atoms with van der Waals surface area (Å²) in [6.07, 6.45) is 0. The molecule has 0 spiro atoms. The van der Waals surface area contributed by atoms with Crippen LogP contribution in [-0.2, 0) is 0 Å². The largest absolute Gasteiger partial charge is 0.319 e. The lowest BCUT2D eigenvalue weighted by molar-refractivity contribution is 0.532. The topological polar surface area (TPSA) is 3.24 Å². The van der Waals surface area contributed by atoms with Crippen LogP contribution in [0.2, 0.25) is 0 Å². The molecule has 0 aliphatic carbocycles. The van der Waals surface area contributed by atoms with Crippen LogP contribution in [0.5, 0.6) is 0 Å². The molecule has 0 heterocycles. The maximum Gasteiger partial charge on any atom is 0.242 e. The van der Waals surface area contributed by atoms with E-state index in [1.165, 1.54) is 6.54 Å². The minimum atomic E-state index is -0.579. The molecule has 0 rings (SSSR count). The molecule has 0 aromatic rings. The SMILES string of the molecule is CC(C)CN([SiH](I)I)[SiH](I)I. The van der Waals surface area contributed by atoms with Gasteiger partial charge in [0.05, 0.1) is 0 Å². The molecule has 0 N–H and O–H groups in total. The second-order valence-electron chi connectivity index (χ2n) is 2.65. The molecule has 0 atom stereocenters. The lowest BCUT2D eigenvalue weighted by atomic mass is 10.2. The van der Waals surface area contributed by atoms with Gasteiger partial charge in [0, 0.05) is 0 Å². The van der Waals surface area contributed by atoms with Crippen LogP contribution in [0.15, 0.2) is 0 Å². The molecule has 0 aromatic carbocycles. The van der Waals surface area contributed by atoms with E-state index < -0.39 is 7.90 Å². The second-order valence-corrected chi connectivity index (χ2v) is 34.1. The Morgan fingerprint density at radius 3 is 1.55 bits per heavy atom. The van der Waals surface area contributed by atoms with Crippen molar-refractivity contribution in [2.45, 2.75) is 13.8 Å². The van der Waals surface area contributed by atoms with Crippen molar-refractivity contribution in [1.82, 2.24) is 4.23 Å². The summed E-state index contributed by atoms with van der Waals surface area (Å²) in [5.74, 6) is 0.828. The minimum Gasteiger partial charge on any atom is -0.319 e. The van der Waals surface area contributed by atoms with E-state index in [1.807, 2.05) is 0 Å². The van der Waals surface area contributed by atoms with Crippen LogP contribution in [0.4, 0.5) is 0 Å². The van der Waals surface area contributed by atoms with Crippen molar-refractivity contribution in [3.8, 4) is 0 Å². The molecule has 0 unspecified atom stereocenters. The van der Waals surface area contributed by atoms with E-state index in [1.54, 1.807) is 0 Å². The summed E-state index contributed by atoms with van der Waals surface area (Å²) < 4.78 is 1.60. The number of rotatable bonds is 4. The first-order chi connectivity index (χ1) is 4.95. The molecule has 0 amide bonds. The van der Waals surface area contributed by atoms with Gasteiger partial charge in [-0.15, -0.1) is 0 Å². The first kappa shape index (κ1) is 14.3. The highest BCUT2D eigenvalue weighted by atomic mass is 127. The molecular weight excluding hydrogens is 626 g/mol. The normalized spacial score (nSPS) is 12.5. The molecule has 0 bridgehead atoms. The molecule has 1 nitrogen and oxygen atoms in total. The Bertz CT molecular complexity index is 102. The van der Waals surface area contributed by atoms with Crippen LogP contribution >= 0.6 is 87.2 Å². The molecule has 0 saturated carbocycles. The lowest BCUT2D eigenvalue weighted by Gasteiger charge is -2.26. The van der Waals surface area contributed by atoms with Crippen LogP contribution in [0.3, 0.4) is 0 Å².